The molecule has 7 nitrogen and oxygen atoms in total. The predicted molar refractivity (Wildman–Crippen MR) is 135 cm³/mol. The molecule has 0 spiro atoms. The fraction of sp³-hybridized carbons (Fsp3) is 0.500. The monoisotopic (exact) mass is 565 g/mol. The molecule has 0 aliphatic heterocycles. The van der Waals surface area contributed by atoms with Gasteiger partial charge >= 0.3 is 0 Å². The van der Waals surface area contributed by atoms with Crippen molar-refractivity contribution in [1.29, 1.82) is 0 Å². The molecule has 30 heavy (non-hydrogen) atoms. The van der Waals surface area contributed by atoms with Crippen LogP contribution in [0.1, 0.15) is 49.9 Å². The van der Waals surface area contributed by atoms with Gasteiger partial charge in [-0.1, -0.05) is 26.0 Å². The van der Waals surface area contributed by atoms with Crippen LogP contribution < -0.4 is 10.6 Å². The van der Waals surface area contributed by atoms with Gasteiger partial charge in [-0.25, -0.2) is 13.4 Å². The van der Waals surface area contributed by atoms with Crippen molar-refractivity contribution in [3.05, 3.63) is 45.9 Å². The fourth-order valence-corrected chi connectivity index (χ4v) is 4.72. The number of sulfonamides is 1. The first kappa shape index (κ1) is 26.8. The number of aromatic nitrogens is 1. The number of thiazole rings is 1. The zero-order chi connectivity index (χ0) is 21.6. The Kier molecular flexibility index (Phi) is 10.7. The molecule has 2 aromatic rings. The summed E-state index contributed by atoms with van der Waals surface area (Å²) in [6.07, 6.45) is 0. The highest BCUT2D eigenvalue weighted by Crippen LogP contribution is 2.18. The second kappa shape index (κ2) is 12.0. The van der Waals surface area contributed by atoms with Crippen molar-refractivity contribution >= 4 is 51.3 Å². The number of aliphatic imine (C=N–C) groups is 1. The number of hydrogen-bond acceptors (Lipinski definition) is 5. The lowest BCUT2D eigenvalue weighted by molar-refractivity contribution is 0.410. The number of hydrogen-bond donors (Lipinski definition) is 2. The molecule has 1 aromatic carbocycles. The van der Waals surface area contributed by atoms with E-state index in [0.717, 1.165) is 16.3 Å². The fourth-order valence-electron chi connectivity index (χ4n) is 2.46. The summed E-state index contributed by atoms with van der Waals surface area (Å²) in [5.74, 6) is 1.09. The smallest absolute Gasteiger partial charge is 0.243 e. The van der Waals surface area contributed by atoms with Crippen LogP contribution in [0.25, 0.3) is 0 Å². The highest BCUT2D eigenvalue weighted by atomic mass is 127. The van der Waals surface area contributed by atoms with Crippen LogP contribution in [0.2, 0.25) is 0 Å². The molecule has 168 valence electrons. The zero-order valence-electron chi connectivity index (χ0n) is 18.3. The average molecular weight is 566 g/mol. The summed E-state index contributed by atoms with van der Waals surface area (Å²) < 4.78 is 26.4. The van der Waals surface area contributed by atoms with Gasteiger partial charge in [0.05, 0.1) is 17.1 Å². The number of nitrogens with one attached hydrogen (secondary N) is 2. The van der Waals surface area contributed by atoms with Crippen molar-refractivity contribution in [2.24, 2.45) is 4.99 Å². The second-order valence-electron chi connectivity index (χ2n) is 7.36. The van der Waals surface area contributed by atoms with Gasteiger partial charge in [0.15, 0.2) is 5.96 Å². The summed E-state index contributed by atoms with van der Waals surface area (Å²) in [4.78, 5) is 9.13. The van der Waals surface area contributed by atoms with Crippen LogP contribution in [0, 0.1) is 0 Å². The molecule has 0 amide bonds. The third kappa shape index (κ3) is 7.17. The largest absolute Gasteiger partial charge is 0.352 e. The SMILES string of the molecule is CN=C(NCc1ccc(S(=O)(=O)N(C)C(C)C)cc1)NCc1nc(C(C)C)cs1.I. The summed E-state index contributed by atoms with van der Waals surface area (Å²) >= 11 is 1.64. The number of rotatable bonds is 8. The van der Waals surface area contributed by atoms with Crippen LogP contribution >= 0.6 is 35.3 Å². The maximum absolute atomic E-state index is 12.5. The minimum Gasteiger partial charge on any atom is -0.352 e. The van der Waals surface area contributed by atoms with Crippen molar-refractivity contribution in [2.45, 2.75) is 57.6 Å². The summed E-state index contributed by atoms with van der Waals surface area (Å²) in [6, 6.07) is 6.83. The Morgan fingerprint density at radius 2 is 1.73 bits per heavy atom. The summed E-state index contributed by atoms with van der Waals surface area (Å²) in [5.41, 5.74) is 2.07. The molecule has 0 bridgehead atoms. The van der Waals surface area contributed by atoms with Crippen LogP contribution in [0.3, 0.4) is 0 Å². The Morgan fingerprint density at radius 1 is 1.13 bits per heavy atom. The quantitative estimate of drug-likeness (QED) is 0.289. The van der Waals surface area contributed by atoms with Gasteiger partial charge in [0.25, 0.3) is 0 Å². The van der Waals surface area contributed by atoms with E-state index in [1.807, 2.05) is 26.0 Å². The van der Waals surface area contributed by atoms with Crippen LogP contribution in [-0.4, -0.2) is 43.8 Å². The maximum atomic E-state index is 12.5. The number of nitrogens with zero attached hydrogens (tertiary/aromatic N) is 3. The van der Waals surface area contributed by atoms with E-state index in [1.165, 1.54) is 4.31 Å². The summed E-state index contributed by atoms with van der Waals surface area (Å²) in [6.45, 7) is 9.10. The van der Waals surface area contributed by atoms with Gasteiger partial charge in [0, 0.05) is 32.1 Å². The van der Waals surface area contributed by atoms with E-state index in [2.05, 4.69) is 39.8 Å². The topological polar surface area (TPSA) is 86.7 Å². The first-order chi connectivity index (χ1) is 13.6. The second-order valence-corrected chi connectivity index (χ2v) is 10.3. The molecule has 1 aromatic heterocycles. The van der Waals surface area contributed by atoms with Gasteiger partial charge < -0.3 is 10.6 Å². The Balaban J connectivity index is 0.00000450. The molecule has 0 saturated carbocycles. The highest BCUT2D eigenvalue weighted by Gasteiger charge is 2.22. The normalized spacial score (nSPS) is 12.4. The molecule has 0 aliphatic rings. The molecule has 2 N–H and O–H groups in total. The van der Waals surface area contributed by atoms with Crippen LogP contribution in [0.4, 0.5) is 0 Å². The molecule has 0 unspecified atom stereocenters. The number of benzene rings is 1. The molecule has 0 aliphatic carbocycles. The minimum absolute atomic E-state index is 0. The molecule has 0 fully saturated rings. The Morgan fingerprint density at radius 3 is 2.23 bits per heavy atom. The van der Waals surface area contributed by atoms with E-state index in [9.17, 15) is 8.42 Å². The Hall–Kier alpha value is -1.24. The Labute approximate surface area is 201 Å². The van der Waals surface area contributed by atoms with E-state index in [-0.39, 0.29) is 30.0 Å². The molecule has 0 saturated heterocycles. The molecule has 0 radical (unpaired) electrons. The van der Waals surface area contributed by atoms with Crippen molar-refractivity contribution in [1.82, 2.24) is 19.9 Å². The van der Waals surface area contributed by atoms with E-state index in [1.54, 1.807) is 37.6 Å². The van der Waals surface area contributed by atoms with E-state index >= 15 is 0 Å². The number of guanidine groups is 1. The first-order valence-electron chi connectivity index (χ1n) is 9.61. The van der Waals surface area contributed by atoms with Crippen LogP contribution in [0.5, 0.6) is 0 Å². The van der Waals surface area contributed by atoms with Crippen LogP contribution in [0.15, 0.2) is 39.5 Å². The van der Waals surface area contributed by atoms with Gasteiger partial charge in [-0.05, 0) is 37.5 Å². The molecule has 2 rings (SSSR count). The molecule has 0 atom stereocenters. The minimum atomic E-state index is -3.46. The lowest BCUT2D eigenvalue weighted by atomic mass is 10.2. The van der Waals surface area contributed by atoms with E-state index in [4.69, 9.17) is 0 Å². The molecule has 1 heterocycles. The van der Waals surface area contributed by atoms with E-state index in [0.29, 0.717) is 29.9 Å². The zero-order valence-corrected chi connectivity index (χ0v) is 22.3. The standard InChI is InChI=1S/C20H31N5O2S2.HI/c1-14(2)18-13-28-19(24-18)12-23-20(21-5)22-11-16-7-9-17(10-8-16)29(26,27)25(6)15(3)4;/h7-10,13-15H,11-12H2,1-6H3,(H2,21,22,23);1H. The third-order valence-corrected chi connectivity index (χ3v) is 7.49. The maximum Gasteiger partial charge on any atom is 0.243 e. The summed E-state index contributed by atoms with van der Waals surface area (Å²) in [7, 11) is -0.152. The molecular formula is C20H32IN5O2S2. The molecular weight excluding hydrogens is 533 g/mol. The lowest BCUT2D eigenvalue weighted by Crippen LogP contribution is -2.36. The van der Waals surface area contributed by atoms with Crippen molar-refractivity contribution < 1.29 is 8.42 Å². The van der Waals surface area contributed by atoms with Gasteiger partial charge in [-0.2, -0.15) is 4.31 Å². The molecule has 10 heteroatoms. The van der Waals surface area contributed by atoms with Crippen molar-refractivity contribution in [2.75, 3.05) is 14.1 Å². The lowest BCUT2D eigenvalue weighted by Gasteiger charge is -2.21. The first-order valence-corrected chi connectivity index (χ1v) is 11.9. The highest BCUT2D eigenvalue weighted by molar-refractivity contribution is 14.0. The van der Waals surface area contributed by atoms with Gasteiger partial charge in [0.1, 0.15) is 5.01 Å². The number of halogens is 1. The van der Waals surface area contributed by atoms with Gasteiger partial charge in [-0.15, -0.1) is 35.3 Å². The van der Waals surface area contributed by atoms with E-state index < -0.39 is 10.0 Å². The summed E-state index contributed by atoms with van der Waals surface area (Å²) in [5, 5.41) is 9.60. The predicted octanol–water partition coefficient (Wildman–Crippen LogP) is 3.78. The van der Waals surface area contributed by atoms with Gasteiger partial charge in [0.2, 0.25) is 10.0 Å². The van der Waals surface area contributed by atoms with Gasteiger partial charge in [-0.3, -0.25) is 4.99 Å². The van der Waals surface area contributed by atoms with Crippen LogP contribution in [-0.2, 0) is 23.1 Å². The van der Waals surface area contributed by atoms with Crippen molar-refractivity contribution in [3.63, 3.8) is 0 Å². The third-order valence-electron chi connectivity index (χ3n) is 4.58. The average Bonchev–Trinajstić information content (AvgIpc) is 3.17. The van der Waals surface area contributed by atoms with Crippen molar-refractivity contribution in [3.8, 4) is 0 Å². The Bertz CT molecular complexity index is 925.